The van der Waals surface area contributed by atoms with E-state index in [2.05, 4.69) is 15.8 Å². The fourth-order valence-corrected chi connectivity index (χ4v) is 1.50. The van der Waals surface area contributed by atoms with Crippen molar-refractivity contribution in [3.05, 3.63) is 23.8 Å². The number of hydrazone groups is 1. The Labute approximate surface area is 125 Å². The van der Waals surface area contributed by atoms with Gasteiger partial charge in [0, 0.05) is 7.05 Å². The van der Waals surface area contributed by atoms with Crippen LogP contribution in [-0.4, -0.2) is 31.1 Å². The predicted octanol–water partition coefficient (Wildman–Crippen LogP) is 2.30. The van der Waals surface area contributed by atoms with Gasteiger partial charge >= 0.3 is 0 Å². The van der Waals surface area contributed by atoms with Crippen LogP contribution in [0.25, 0.3) is 0 Å². The number of ether oxygens (including phenoxy) is 2. The number of nitrogens with one attached hydrogen (secondary N) is 2. The fourth-order valence-electron chi connectivity index (χ4n) is 1.45. The summed E-state index contributed by atoms with van der Waals surface area (Å²) in [6, 6.07) is 5.67. The lowest BCUT2D eigenvalue weighted by Crippen LogP contribution is -2.28. The van der Waals surface area contributed by atoms with E-state index >= 15 is 0 Å². The van der Waals surface area contributed by atoms with E-state index in [-0.39, 0.29) is 6.10 Å². The van der Waals surface area contributed by atoms with Gasteiger partial charge in [-0.2, -0.15) is 5.10 Å². The van der Waals surface area contributed by atoms with Gasteiger partial charge in [0.2, 0.25) is 0 Å². The molecule has 0 bridgehead atoms. The summed E-state index contributed by atoms with van der Waals surface area (Å²) in [6.07, 6.45) is 1.77. The molecule has 5 nitrogen and oxygen atoms in total. The van der Waals surface area contributed by atoms with Crippen molar-refractivity contribution < 1.29 is 9.47 Å². The van der Waals surface area contributed by atoms with Crippen molar-refractivity contribution in [2.45, 2.75) is 26.9 Å². The highest BCUT2D eigenvalue weighted by Crippen LogP contribution is 2.28. The standard InChI is InChI=1S/C14H21N3O2S/c1-5-18-13-8-11(9-16-17-14(20)15-4)6-7-12(13)19-10(2)3/h6-10H,5H2,1-4H3,(H2,15,17,20)/b16-9+. The zero-order valence-corrected chi connectivity index (χ0v) is 13.1. The molecule has 0 spiro atoms. The van der Waals surface area contributed by atoms with Gasteiger partial charge in [0.25, 0.3) is 0 Å². The van der Waals surface area contributed by atoms with Crippen LogP contribution in [0.3, 0.4) is 0 Å². The molecule has 0 unspecified atom stereocenters. The van der Waals surface area contributed by atoms with Gasteiger partial charge < -0.3 is 14.8 Å². The summed E-state index contributed by atoms with van der Waals surface area (Å²) in [5.41, 5.74) is 3.60. The van der Waals surface area contributed by atoms with E-state index in [1.807, 2.05) is 39.0 Å². The molecule has 0 fully saturated rings. The SMILES string of the molecule is CCOc1cc(/C=N/NC(=S)NC)ccc1OC(C)C. The van der Waals surface area contributed by atoms with Crippen molar-refractivity contribution in [1.82, 2.24) is 10.7 Å². The molecule has 0 radical (unpaired) electrons. The van der Waals surface area contributed by atoms with Crippen molar-refractivity contribution in [3.8, 4) is 11.5 Å². The van der Waals surface area contributed by atoms with Gasteiger partial charge in [-0.3, -0.25) is 5.43 Å². The third kappa shape index (κ3) is 5.44. The molecule has 1 aromatic rings. The largest absolute Gasteiger partial charge is 0.490 e. The molecule has 0 aliphatic carbocycles. The predicted molar refractivity (Wildman–Crippen MR) is 85.8 cm³/mol. The van der Waals surface area contributed by atoms with Gasteiger partial charge in [-0.15, -0.1) is 0 Å². The normalized spacial score (nSPS) is 10.7. The smallest absolute Gasteiger partial charge is 0.186 e. The van der Waals surface area contributed by atoms with E-state index in [1.54, 1.807) is 13.3 Å². The van der Waals surface area contributed by atoms with Crippen molar-refractivity contribution in [1.29, 1.82) is 0 Å². The lowest BCUT2D eigenvalue weighted by Gasteiger charge is -2.14. The summed E-state index contributed by atoms with van der Waals surface area (Å²) in [7, 11) is 1.73. The van der Waals surface area contributed by atoms with Crippen LogP contribution in [-0.2, 0) is 0 Å². The molecule has 0 aliphatic heterocycles. The van der Waals surface area contributed by atoms with E-state index < -0.39 is 0 Å². The molecule has 0 heterocycles. The molecular formula is C14H21N3O2S. The maximum atomic E-state index is 5.70. The fraction of sp³-hybridized carbons (Fsp3) is 0.429. The summed E-state index contributed by atoms with van der Waals surface area (Å²) in [6.45, 7) is 6.48. The molecule has 0 saturated heterocycles. The molecule has 1 aromatic carbocycles. The van der Waals surface area contributed by atoms with Crippen LogP contribution < -0.4 is 20.2 Å². The third-order valence-corrected chi connectivity index (χ3v) is 2.53. The number of thiocarbonyl (C=S) groups is 1. The van der Waals surface area contributed by atoms with Crippen LogP contribution in [0.15, 0.2) is 23.3 Å². The zero-order chi connectivity index (χ0) is 15.0. The molecule has 2 N–H and O–H groups in total. The van der Waals surface area contributed by atoms with Gasteiger partial charge in [-0.25, -0.2) is 0 Å². The first-order valence-electron chi connectivity index (χ1n) is 6.51. The van der Waals surface area contributed by atoms with E-state index in [1.165, 1.54) is 0 Å². The molecule has 110 valence electrons. The quantitative estimate of drug-likeness (QED) is 0.479. The van der Waals surface area contributed by atoms with Crippen molar-refractivity contribution >= 4 is 23.5 Å². The summed E-state index contributed by atoms with van der Waals surface area (Å²) >= 11 is 4.93. The number of hydrogen-bond donors (Lipinski definition) is 2. The molecule has 0 atom stereocenters. The molecule has 20 heavy (non-hydrogen) atoms. The number of hydrogen-bond acceptors (Lipinski definition) is 4. The van der Waals surface area contributed by atoms with Gasteiger partial charge in [-0.1, -0.05) is 0 Å². The van der Waals surface area contributed by atoms with E-state index in [0.717, 1.165) is 11.3 Å². The molecule has 0 aliphatic rings. The van der Waals surface area contributed by atoms with E-state index in [4.69, 9.17) is 21.7 Å². The topological polar surface area (TPSA) is 54.9 Å². The van der Waals surface area contributed by atoms with Crippen LogP contribution >= 0.6 is 12.2 Å². The first-order valence-corrected chi connectivity index (χ1v) is 6.92. The number of benzene rings is 1. The molecule has 0 aromatic heterocycles. The van der Waals surface area contributed by atoms with Crippen LogP contribution in [0.1, 0.15) is 26.3 Å². The Bertz CT molecular complexity index is 475. The van der Waals surface area contributed by atoms with Gasteiger partial charge in [-0.05, 0) is 56.8 Å². The average molecular weight is 295 g/mol. The third-order valence-electron chi connectivity index (χ3n) is 2.24. The number of rotatable bonds is 6. The molecule has 1 rings (SSSR count). The molecular weight excluding hydrogens is 274 g/mol. The maximum Gasteiger partial charge on any atom is 0.186 e. The van der Waals surface area contributed by atoms with Crippen LogP contribution in [0.2, 0.25) is 0 Å². The first kappa shape index (κ1) is 16.2. The monoisotopic (exact) mass is 295 g/mol. The first-order chi connectivity index (χ1) is 9.56. The second-order valence-corrected chi connectivity index (χ2v) is 4.66. The Morgan fingerprint density at radius 2 is 2.15 bits per heavy atom. The molecule has 0 amide bonds. The Morgan fingerprint density at radius 3 is 2.75 bits per heavy atom. The van der Waals surface area contributed by atoms with Crippen molar-refractivity contribution in [2.75, 3.05) is 13.7 Å². The number of nitrogens with zero attached hydrogens (tertiary/aromatic N) is 1. The van der Waals surface area contributed by atoms with Crippen molar-refractivity contribution in [2.24, 2.45) is 5.10 Å². The Balaban J connectivity index is 2.83. The highest BCUT2D eigenvalue weighted by atomic mass is 32.1. The summed E-state index contributed by atoms with van der Waals surface area (Å²) in [5, 5.41) is 7.27. The van der Waals surface area contributed by atoms with Crippen LogP contribution in [0.5, 0.6) is 11.5 Å². The summed E-state index contributed by atoms with van der Waals surface area (Å²) in [4.78, 5) is 0. The van der Waals surface area contributed by atoms with Crippen LogP contribution in [0.4, 0.5) is 0 Å². The lowest BCUT2D eigenvalue weighted by molar-refractivity contribution is 0.224. The second-order valence-electron chi connectivity index (χ2n) is 4.25. The minimum atomic E-state index is 0.100. The van der Waals surface area contributed by atoms with Gasteiger partial charge in [0.15, 0.2) is 16.6 Å². The minimum Gasteiger partial charge on any atom is -0.490 e. The minimum absolute atomic E-state index is 0.100. The highest BCUT2D eigenvalue weighted by molar-refractivity contribution is 7.80. The summed E-state index contributed by atoms with van der Waals surface area (Å²) < 4.78 is 11.3. The van der Waals surface area contributed by atoms with Gasteiger partial charge in [0.05, 0.1) is 18.9 Å². The lowest BCUT2D eigenvalue weighted by atomic mass is 10.2. The van der Waals surface area contributed by atoms with E-state index in [9.17, 15) is 0 Å². The maximum absolute atomic E-state index is 5.70. The Morgan fingerprint density at radius 1 is 1.40 bits per heavy atom. The van der Waals surface area contributed by atoms with Crippen LogP contribution in [0, 0.1) is 0 Å². The zero-order valence-electron chi connectivity index (χ0n) is 12.3. The van der Waals surface area contributed by atoms with E-state index in [0.29, 0.717) is 17.5 Å². The summed E-state index contributed by atoms with van der Waals surface area (Å²) in [5.74, 6) is 1.44. The Kier molecular flexibility index (Phi) is 6.79. The second kappa shape index (κ2) is 8.37. The van der Waals surface area contributed by atoms with Crippen molar-refractivity contribution in [3.63, 3.8) is 0 Å². The Hall–Kier alpha value is -1.82. The highest BCUT2D eigenvalue weighted by Gasteiger charge is 2.07. The molecule has 6 heteroatoms. The molecule has 0 saturated carbocycles. The van der Waals surface area contributed by atoms with Gasteiger partial charge in [0.1, 0.15) is 0 Å². The average Bonchev–Trinajstić information content (AvgIpc) is 2.41.